The highest BCUT2D eigenvalue weighted by molar-refractivity contribution is 7.99. The molecule has 0 bridgehead atoms. The van der Waals surface area contributed by atoms with Gasteiger partial charge < -0.3 is 10.2 Å². The first-order valence-corrected chi connectivity index (χ1v) is 6.87. The maximum atomic E-state index is 12.0. The molecule has 8 heteroatoms. The van der Waals surface area contributed by atoms with Crippen molar-refractivity contribution in [3.63, 3.8) is 0 Å². The average molecular weight is 285 g/mol. The minimum atomic E-state index is -0.279. The van der Waals surface area contributed by atoms with E-state index < -0.39 is 0 Å². The van der Waals surface area contributed by atoms with E-state index in [4.69, 9.17) is 0 Å². The van der Waals surface area contributed by atoms with Crippen molar-refractivity contribution in [3.05, 3.63) is 5.82 Å². The Kier molecular flexibility index (Phi) is 5.34. The highest BCUT2D eigenvalue weighted by Crippen LogP contribution is 2.19. The fourth-order valence-electron chi connectivity index (χ4n) is 1.17. The summed E-state index contributed by atoms with van der Waals surface area (Å²) in [5.74, 6) is 0.793. The molecule has 7 nitrogen and oxygen atoms in total. The van der Waals surface area contributed by atoms with E-state index in [0.29, 0.717) is 11.0 Å². The van der Waals surface area contributed by atoms with Gasteiger partial charge in [-0.3, -0.25) is 4.79 Å². The van der Waals surface area contributed by atoms with Crippen molar-refractivity contribution < 1.29 is 9.59 Å². The summed E-state index contributed by atoms with van der Waals surface area (Å²) in [6.45, 7) is 3.90. The van der Waals surface area contributed by atoms with Crippen molar-refractivity contribution in [1.82, 2.24) is 25.0 Å². The fraction of sp³-hybridized carbons (Fsp3) is 0.636. The number of aromatic nitrogens is 3. The van der Waals surface area contributed by atoms with Gasteiger partial charge in [-0.05, 0) is 0 Å². The van der Waals surface area contributed by atoms with Gasteiger partial charge in [-0.1, -0.05) is 25.6 Å². The highest BCUT2D eigenvalue weighted by atomic mass is 32.2. The van der Waals surface area contributed by atoms with Crippen LogP contribution in [0.4, 0.5) is 4.79 Å². The minimum Gasteiger partial charge on any atom is -0.358 e. The summed E-state index contributed by atoms with van der Waals surface area (Å²) in [6.07, 6.45) is 0. The lowest BCUT2D eigenvalue weighted by Gasteiger charge is -2.10. The Morgan fingerprint density at radius 2 is 2.05 bits per heavy atom. The molecule has 19 heavy (non-hydrogen) atoms. The molecule has 106 valence electrons. The van der Waals surface area contributed by atoms with Crippen LogP contribution in [-0.4, -0.2) is 58.5 Å². The zero-order valence-corrected chi connectivity index (χ0v) is 12.6. The maximum absolute atomic E-state index is 12.0. The van der Waals surface area contributed by atoms with Crippen molar-refractivity contribution in [2.45, 2.75) is 24.9 Å². The normalized spacial score (nSPS) is 10.6. The predicted molar refractivity (Wildman–Crippen MR) is 73.4 cm³/mol. The number of thioether (sulfide) groups is 1. The number of hydrogen-bond donors (Lipinski definition) is 1. The smallest absolute Gasteiger partial charge is 0.346 e. The number of rotatable bonds is 4. The van der Waals surface area contributed by atoms with Crippen molar-refractivity contribution in [2.24, 2.45) is 0 Å². The van der Waals surface area contributed by atoms with Gasteiger partial charge in [0.15, 0.2) is 11.0 Å². The van der Waals surface area contributed by atoms with Gasteiger partial charge in [0.25, 0.3) is 0 Å². The Morgan fingerprint density at radius 3 is 2.53 bits per heavy atom. The van der Waals surface area contributed by atoms with Crippen molar-refractivity contribution in [1.29, 1.82) is 0 Å². The molecular weight excluding hydrogens is 266 g/mol. The molecule has 0 radical (unpaired) electrons. The quantitative estimate of drug-likeness (QED) is 0.827. The number of carbonyl (C=O) groups is 2. The van der Waals surface area contributed by atoms with Crippen LogP contribution in [0.5, 0.6) is 0 Å². The molecule has 1 N–H and O–H groups in total. The van der Waals surface area contributed by atoms with Crippen molar-refractivity contribution in [3.8, 4) is 0 Å². The van der Waals surface area contributed by atoms with Crippen LogP contribution in [0.25, 0.3) is 0 Å². The van der Waals surface area contributed by atoms with Gasteiger partial charge >= 0.3 is 6.03 Å². The van der Waals surface area contributed by atoms with Gasteiger partial charge in [-0.2, -0.15) is 4.68 Å². The standard InChI is InChI=1S/C11H19N5O2S/c1-7(2)9-13-10(19-6-8(17)12-3)16(14-9)11(18)15(4)5/h7H,6H2,1-5H3,(H,12,17). The van der Waals surface area contributed by atoms with Gasteiger partial charge in [0.2, 0.25) is 5.91 Å². The molecule has 2 amide bonds. The van der Waals surface area contributed by atoms with E-state index >= 15 is 0 Å². The van der Waals surface area contributed by atoms with E-state index in [0.717, 1.165) is 0 Å². The van der Waals surface area contributed by atoms with Crippen LogP contribution in [0.2, 0.25) is 0 Å². The Hall–Kier alpha value is -1.57. The molecule has 1 aromatic rings. The Morgan fingerprint density at radius 1 is 1.42 bits per heavy atom. The Bertz CT molecular complexity index is 470. The van der Waals surface area contributed by atoms with Crippen LogP contribution >= 0.6 is 11.8 Å². The summed E-state index contributed by atoms with van der Waals surface area (Å²) in [7, 11) is 4.86. The second kappa shape index (κ2) is 6.55. The molecule has 0 aliphatic rings. The van der Waals surface area contributed by atoms with E-state index in [-0.39, 0.29) is 23.6 Å². The highest BCUT2D eigenvalue weighted by Gasteiger charge is 2.20. The number of nitrogens with one attached hydrogen (secondary N) is 1. The topological polar surface area (TPSA) is 80.1 Å². The summed E-state index contributed by atoms with van der Waals surface area (Å²) in [4.78, 5) is 29.0. The van der Waals surface area contributed by atoms with Crippen molar-refractivity contribution >= 4 is 23.7 Å². The molecule has 0 fully saturated rings. The number of amides is 2. The maximum Gasteiger partial charge on any atom is 0.346 e. The SMILES string of the molecule is CNC(=O)CSc1nc(C(C)C)nn1C(=O)N(C)C. The fourth-order valence-corrected chi connectivity index (χ4v) is 1.97. The van der Waals surface area contributed by atoms with Crippen LogP contribution in [0.1, 0.15) is 25.6 Å². The predicted octanol–water partition coefficient (Wildman–Crippen LogP) is 0.769. The summed E-state index contributed by atoms with van der Waals surface area (Å²) in [5, 5.41) is 7.16. The Labute approximate surface area is 116 Å². The summed E-state index contributed by atoms with van der Waals surface area (Å²) in [6, 6.07) is -0.279. The monoisotopic (exact) mass is 285 g/mol. The first kappa shape index (κ1) is 15.5. The lowest BCUT2D eigenvalue weighted by Crippen LogP contribution is -2.29. The molecular formula is C11H19N5O2S. The van der Waals surface area contributed by atoms with Gasteiger partial charge in [-0.15, -0.1) is 5.10 Å². The van der Waals surface area contributed by atoms with Gasteiger partial charge in [0.1, 0.15) is 0 Å². The van der Waals surface area contributed by atoms with Crippen LogP contribution in [-0.2, 0) is 4.79 Å². The largest absolute Gasteiger partial charge is 0.358 e. The van der Waals surface area contributed by atoms with E-state index in [1.54, 1.807) is 21.1 Å². The van der Waals surface area contributed by atoms with E-state index in [2.05, 4.69) is 15.4 Å². The third-order valence-corrected chi connectivity index (χ3v) is 3.21. The summed E-state index contributed by atoms with van der Waals surface area (Å²) in [5.41, 5.74) is 0. The third kappa shape index (κ3) is 3.95. The Balaban J connectivity index is 2.99. The summed E-state index contributed by atoms with van der Waals surface area (Å²) < 4.78 is 1.24. The molecule has 0 saturated carbocycles. The molecule has 0 spiro atoms. The molecule has 0 saturated heterocycles. The molecule has 0 aliphatic carbocycles. The second-order valence-corrected chi connectivity index (χ2v) is 5.40. The number of nitrogens with zero attached hydrogens (tertiary/aromatic N) is 4. The molecule has 0 unspecified atom stereocenters. The van der Waals surface area contributed by atoms with E-state index in [1.807, 2.05) is 13.8 Å². The van der Waals surface area contributed by atoms with Gasteiger partial charge in [0, 0.05) is 27.1 Å². The third-order valence-electron chi connectivity index (χ3n) is 2.29. The molecule has 0 aliphatic heterocycles. The number of hydrogen-bond acceptors (Lipinski definition) is 5. The molecule has 1 aromatic heterocycles. The lowest BCUT2D eigenvalue weighted by molar-refractivity contribution is -0.118. The first-order chi connectivity index (χ1) is 8.86. The van der Waals surface area contributed by atoms with Crippen LogP contribution < -0.4 is 5.32 Å². The van der Waals surface area contributed by atoms with Crippen LogP contribution in [0.3, 0.4) is 0 Å². The molecule has 1 heterocycles. The van der Waals surface area contributed by atoms with Crippen LogP contribution in [0, 0.1) is 0 Å². The van der Waals surface area contributed by atoms with E-state index in [1.165, 1.54) is 21.3 Å². The lowest BCUT2D eigenvalue weighted by atomic mass is 10.2. The van der Waals surface area contributed by atoms with Crippen LogP contribution in [0.15, 0.2) is 5.16 Å². The number of carbonyl (C=O) groups excluding carboxylic acids is 2. The minimum absolute atomic E-state index is 0.121. The molecule has 0 aromatic carbocycles. The molecule has 1 rings (SSSR count). The second-order valence-electron chi connectivity index (χ2n) is 4.46. The average Bonchev–Trinajstić information content (AvgIpc) is 2.78. The van der Waals surface area contributed by atoms with Gasteiger partial charge in [-0.25, -0.2) is 9.78 Å². The summed E-state index contributed by atoms with van der Waals surface area (Å²) >= 11 is 1.19. The van der Waals surface area contributed by atoms with Gasteiger partial charge in [0.05, 0.1) is 5.75 Å². The zero-order chi connectivity index (χ0) is 14.6. The molecule has 0 atom stereocenters. The zero-order valence-electron chi connectivity index (χ0n) is 11.8. The first-order valence-electron chi connectivity index (χ1n) is 5.88. The van der Waals surface area contributed by atoms with E-state index in [9.17, 15) is 9.59 Å². The van der Waals surface area contributed by atoms with Crippen molar-refractivity contribution in [2.75, 3.05) is 26.9 Å².